The minimum Gasteiger partial charge on any atom is -0.490 e. The van der Waals surface area contributed by atoms with Crippen LogP contribution >= 0.6 is 0 Å². The number of hydrogen-bond acceptors (Lipinski definition) is 8. The highest BCUT2D eigenvalue weighted by molar-refractivity contribution is 5.89. The molecular formula is C36H48N4O6. The van der Waals surface area contributed by atoms with Gasteiger partial charge in [-0.1, -0.05) is 40.5 Å². The van der Waals surface area contributed by atoms with Gasteiger partial charge >= 0.3 is 6.09 Å². The van der Waals surface area contributed by atoms with E-state index in [0.717, 1.165) is 68.2 Å². The maximum absolute atomic E-state index is 14.3. The van der Waals surface area contributed by atoms with Gasteiger partial charge in [-0.2, -0.15) is 0 Å². The number of aldehydes is 1. The molecule has 2 bridgehead atoms. The van der Waals surface area contributed by atoms with Crippen molar-refractivity contribution < 1.29 is 28.6 Å². The zero-order valence-corrected chi connectivity index (χ0v) is 27.6. The summed E-state index contributed by atoms with van der Waals surface area (Å²) in [7, 11) is 0. The summed E-state index contributed by atoms with van der Waals surface area (Å²) < 4.78 is 18.8. The number of hydrogen-bond donors (Lipinski definition) is 1. The third-order valence-corrected chi connectivity index (χ3v) is 10.9. The van der Waals surface area contributed by atoms with E-state index in [1.165, 1.54) is 6.42 Å². The largest absolute Gasteiger partial charge is 0.490 e. The number of rotatable bonds is 4. The lowest BCUT2D eigenvalue weighted by Crippen LogP contribution is -2.56. The number of nitrogens with one attached hydrogen (secondary N) is 1. The number of carbonyl (C=O) groups excluding carboxylic acids is 3. The van der Waals surface area contributed by atoms with Crippen molar-refractivity contribution in [1.82, 2.24) is 20.2 Å². The monoisotopic (exact) mass is 632 g/mol. The molecule has 7 rings (SSSR count). The lowest BCUT2D eigenvalue weighted by atomic mass is 9.85. The van der Waals surface area contributed by atoms with Gasteiger partial charge in [-0.25, -0.2) is 14.8 Å². The normalized spacial score (nSPS) is 33.4. The Morgan fingerprint density at radius 1 is 1.00 bits per heavy atom. The lowest BCUT2D eigenvalue weighted by Gasteiger charge is -2.35. The van der Waals surface area contributed by atoms with Crippen LogP contribution in [0.5, 0.6) is 11.6 Å². The quantitative estimate of drug-likeness (QED) is 0.431. The number of nitrogens with zero attached hydrogens (tertiary/aromatic N) is 3. The standard InChI is InChI=1S/C36H48N4O6/c1-5-23-29(19-41)40-18-31(23)45-33-27(37-26-14-13-22(17-28(26)38-33)44-21-11-12-21)10-8-6-7-9-24-25-15-20(25)16-30(24)46-35(43)39-32(34(40)42)36(2,3)4/h13-14,17,19-21,23-25,29-32H,5-12,15-16,18H2,1-4H3,(H,39,43)/t20?,23-,24+,25?,29+,30+,31-,32+/m0/s1. The Hall–Kier alpha value is -3.43. The fourth-order valence-corrected chi connectivity index (χ4v) is 8.15. The van der Waals surface area contributed by atoms with E-state index in [-0.39, 0.29) is 30.6 Å². The molecule has 2 aliphatic heterocycles. The summed E-state index contributed by atoms with van der Waals surface area (Å²) in [6.45, 7) is 7.98. The summed E-state index contributed by atoms with van der Waals surface area (Å²) in [5, 5.41) is 2.93. The third-order valence-electron chi connectivity index (χ3n) is 10.9. The molecule has 4 fully saturated rings. The van der Waals surface area contributed by atoms with Gasteiger partial charge in [0, 0.05) is 12.0 Å². The second-order valence-corrected chi connectivity index (χ2v) is 15.3. The van der Waals surface area contributed by atoms with E-state index in [0.29, 0.717) is 42.0 Å². The highest BCUT2D eigenvalue weighted by Crippen LogP contribution is 2.57. The Morgan fingerprint density at radius 2 is 1.83 bits per heavy atom. The Balaban J connectivity index is 1.22. The predicted octanol–water partition coefficient (Wildman–Crippen LogP) is 5.64. The zero-order chi connectivity index (χ0) is 32.2. The van der Waals surface area contributed by atoms with Crippen LogP contribution in [-0.2, 0) is 20.7 Å². The number of ether oxygens (including phenoxy) is 3. The summed E-state index contributed by atoms with van der Waals surface area (Å²) >= 11 is 0. The van der Waals surface area contributed by atoms with Gasteiger partial charge < -0.3 is 29.2 Å². The van der Waals surface area contributed by atoms with Crippen LogP contribution in [-0.4, -0.2) is 70.1 Å². The topological polar surface area (TPSA) is 120 Å². The number of alkyl carbamates (subject to hydrolysis) is 1. The maximum atomic E-state index is 14.3. The van der Waals surface area contributed by atoms with Crippen molar-refractivity contribution in [3.8, 4) is 11.6 Å². The van der Waals surface area contributed by atoms with Crippen LogP contribution in [0.1, 0.15) is 91.2 Å². The summed E-state index contributed by atoms with van der Waals surface area (Å²) in [6.07, 6.45) is 9.63. The number of amides is 2. The molecule has 2 aromatic rings. The van der Waals surface area contributed by atoms with Crippen molar-refractivity contribution in [2.24, 2.45) is 29.1 Å². The van der Waals surface area contributed by atoms with Gasteiger partial charge in [0.15, 0.2) is 0 Å². The van der Waals surface area contributed by atoms with Crippen molar-refractivity contribution in [3.05, 3.63) is 23.9 Å². The summed E-state index contributed by atoms with van der Waals surface area (Å²) in [5.41, 5.74) is 1.69. The number of fused-ring (bicyclic) bond motifs is 7. The average Bonchev–Trinajstić information content (AvgIpc) is 3.93. The highest BCUT2D eigenvalue weighted by atomic mass is 16.6. The minimum atomic E-state index is -0.868. The van der Waals surface area contributed by atoms with Crippen LogP contribution in [0.2, 0.25) is 0 Å². The fraction of sp³-hybridized carbons (Fsp3) is 0.694. The molecule has 5 aliphatic rings. The van der Waals surface area contributed by atoms with Crippen LogP contribution < -0.4 is 14.8 Å². The van der Waals surface area contributed by atoms with E-state index < -0.39 is 29.7 Å². The Labute approximate surface area is 271 Å². The van der Waals surface area contributed by atoms with Gasteiger partial charge in [0.1, 0.15) is 36.0 Å². The number of benzene rings is 1. The van der Waals surface area contributed by atoms with Gasteiger partial charge in [-0.05, 0) is 86.7 Å². The lowest BCUT2D eigenvalue weighted by molar-refractivity contribution is -0.139. The van der Waals surface area contributed by atoms with E-state index in [9.17, 15) is 14.4 Å². The number of carbonyl (C=O) groups is 3. The first kappa shape index (κ1) is 31.2. The van der Waals surface area contributed by atoms with Crippen molar-refractivity contribution >= 4 is 29.3 Å². The van der Waals surface area contributed by atoms with Crippen molar-refractivity contribution in [3.63, 3.8) is 0 Å². The molecule has 3 heterocycles. The van der Waals surface area contributed by atoms with E-state index in [1.807, 2.05) is 45.9 Å². The second kappa shape index (κ2) is 12.3. The fourth-order valence-electron chi connectivity index (χ4n) is 8.15. The molecule has 10 nitrogen and oxygen atoms in total. The first-order valence-electron chi connectivity index (χ1n) is 17.5. The molecule has 2 amide bonds. The molecule has 8 atom stereocenters. The first-order valence-corrected chi connectivity index (χ1v) is 17.5. The predicted molar refractivity (Wildman–Crippen MR) is 171 cm³/mol. The SMILES string of the molecule is CC[C@@H]1[C@@H]2CN(C(=O)[C@H](C(C)(C)C)NC(=O)O[C@@H]3CC4CC4[C@H]3CCCCCc3nc4ccc(OC5CC5)cc4nc3O2)[C@@H]1C=O. The summed E-state index contributed by atoms with van der Waals surface area (Å²) in [4.78, 5) is 51.8. The van der Waals surface area contributed by atoms with Crippen molar-refractivity contribution in [2.75, 3.05) is 6.54 Å². The number of aromatic nitrogens is 2. The molecular weight excluding hydrogens is 584 g/mol. The van der Waals surface area contributed by atoms with E-state index in [4.69, 9.17) is 24.2 Å². The molecule has 0 spiro atoms. The Bertz CT molecular complexity index is 1490. The molecule has 248 valence electrons. The molecule has 3 aliphatic carbocycles. The molecule has 1 aromatic carbocycles. The minimum absolute atomic E-state index is 0.123. The Morgan fingerprint density at radius 3 is 2.57 bits per heavy atom. The molecule has 46 heavy (non-hydrogen) atoms. The van der Waals surface area contributed by atoms with Gasteiger partial charge in [-0.15, -0.1) is 0 Å². The molecule has 1 saturated heterocycles. The van der Waals surface area contributed by atoms with Crippen LogP contribution in [0, 0.1) is 29.1 Å². The molecule has 1 N–H and O–H groups in total. The van der Waals surface area contributed by atoms with Crippen LogP contribution in [0.3, 0.4) is 0 Å². The van der Waals surface area contributed by atoms with E-state index in [1.54, 1.807) is 4.90 Å². The van der Waals surface area contributed by atoms with Crippen LogP contribution in [0.15, 0.2) is 18.2 Å². The molecule has 0 radical (unpaired) electrons. The zero-order valence-electron chi connectivity index (χ0n) is 27.6. The molecule has 1 aromatic heterocycles. The highest BCUT2D eigenvalue weighted by Gasteiger charge is 2.55. The molecule has 2 unspecified atom stereocenters. The van der Waals surface area contributed by atoms with Gasteiger partial charge in [0.25, 0.3) is 0 Å². The first-order chi connectivity index (χ1) is 22.1. The Kier molecular flexibility index (Phi) is 8.34. The average molecular weight is 633 g/mol. The van der Waals surface area contributed by atoms with Gasteiger partial charge in [0.2, 0.25) is 11.8 Å². The summed E-state index contributed by atoms with van der Waals surface area (Å²) in [6, 6.07) is 4.29. The number of aryl methyl sites for hydroxylation is 1. The van der Waals surface area contributed by atoms with Crippen molar-refractivity contribution in [2.45, 2.75) is 122 Å². The maximum Gasteiger partial charge on any atom is 0.408 e. The molecule has 3 saturated carbocycles. The van der Waals surface area contributed by atoms with E-state index >= 15 is 0 Å². The third kappa shape index (κ3) is 6.28. The van der Waals surface area contributed by atoms with Crippen LogP contribution in [0.4, 0.5) is 4.79 Å². The smallest absolute Gasteiger partial charge is 0.408 e. The van der Waals surface area contributed by atoms with Crippen LogP contribution in [0.25, 0.3) is 11.0 Å². The van der Waals surface area contributed by atoms with E-state index in [2.05, 4.69) is 5.32 Å². The summed E-state index contributed by atoms with van der Waals surface area (Å²) in [5.74, 6) is 2.32. The second-order valence-electron chi connectivity index (χ2n) is 15.3. The van der Waals surface area contributed by atoms with Gasteiger partial charge in [-0.3, -0.25) is 4.79 Å². The van der Waals surface area contributed by atoms with Crippen molar-refractivity contribution in [1.29, 1.82) is 0 Å². The van der Waals surface area contributed by atoms with Gasteiger partial charge in [0.05, 0.1) is 29.7 Å². The molecule has 10 heteroatoms.